The van der Waals surface area contributed by atoms with Crippen LogP contribution >= 0.6 is 11.8 Å². The first-order valence-corrected chi connectivity index (χ1v) is 6.67. The number of nitrogens with zero attached hydrogens (tertiary/aromatic N) is 1. The minimum Gasteiger partial charge on any atom is -0.543 e. The molecule has 0 bridgehead atoms. The molecule has 0 unspecified atom stereocenters. The summed E-state index contributed by atoms with van der Waals surface area (Å²) in [6.07, 6.45) is 1.39. The van der Waals surface area contributed by atoms with E-state index in [4.69, 9.17) is 0 Å². The number of rotatable bonds is 5. The zero-order valence-corrected chi connectivity index (χ0v) is 13.8. The predicted molar refractivity (Wildman–Crippen MR) is 65.1 cm³/mol. The normalized spacial score (nSPS) is 26.4. The van der Waals surface area contributed by atoms with Crippen LogP contribution in [0.1, 0.15) is 13.3 Å². The van der Waals surface area contributed by atoms with Gasteiger partial charge in [-0.2, -0.15) is 0 Å². The fourth-order valence-corrected chi connectivity index (χ4v) is 3.44. The van der Waals surface area contributed by atoms with Gasteiger partial charge >= 0.3 is 29.6 Å². The van der Waals surface area contributed by atoms with E-state index in [-0.39, 0.29) is 47.2 Å². The van der Waals surface area contributed by atoms with Crippen molar-refractivity contribution in [1.82, 2.24) is 4.90 Å². The van der Waals surface area contributed by atoms with E-state index in [1.165, 1.54) is 16.7 Å². The van der Waals surface area contributed by atoms with Gasteiger partial charge in [0, 0.05) is 17.1 Å². The number of carbonyl (C=O) groups is 2. The molecule has 0 aromatic carbocycles. The molecule has 1 amide bonds. The maximum absolute atomic E-state index is 11.8. The van der Waals surface area contributed by atoms with Crippen LogP contribution in [0.5, 0.6) is 0 Å². The fourth-order valence-electron chi connectivity index (χ4n) is 2.51. The minimum atomic E-state index is -1.33. The molecule has 19 heavy (non-hydrogen) atoms. The van der Waals surface area contributed by atoms with Gasteiger partial charge < -0.3 is 19.9 Å². The van der Waals surface area contributed by atoms with Gasteiger partial charge in [-0.1, -0.05) is 6.08 Å². The van der Waals surface area contributed by atoms with Gasteiger partial charge in [0.25, 0.3) is 0 Å². The number of hydrogen-bond acceptors (Lipinski definition) is 5. The summed E-state index contributed by atoms with van der Waals surface area (Å²) < 4.78 is 0. The molecule has 0 aromatic rings. The van der Waals surface area contributed by atoms with Crippen LogP contribution in [0.2, 0.25) is 0 Å². The average Bonchev–Trinajstić information content (AvgIpc) is 2.60. The predicted octanol–water partition coefficient (Wildman–Crippen LogP) is -3.52. The van der Waals surface area contributed by atoms with Gasteiger partial charge in [0.2, 0.25) is 5.91 Å². The van der Waals surface area contributed by atoms with E-state index in [9.17, 15) is 19.8 Å². The number of amides is 1. The van der Waals surface area contributed by atoms with Crippen molar-refractivity contribution in [2.75, 3.05) is 5.75 Å². The maximum Gasteiger partial charge on any atom is 1.00 e. The summed E-state index contributed by atoms with van der Waals surface area (Å²) in [7, 11) is 0. The van der Waals surface area contributed by atoms with Crippen molar-refractivity contribution in [1.29, 1.82) is 0 Å². The van der Waals surface area contributed by atoms with Crippen molar-refractivity contribution in [3.63, 3.8) is 0 Å². The van der Waals surface area contributed by atoms with E-state index in [0.29, 0.717) is 17.1 Å². The van der Waals surface area contributed by atoms with Crippen LogP contribution in [-0.4, -0.2) is 39.8 Å². The third-order valence-electron chi connectivity index (χ3n) is 3.26. The first-order valence-electron chi connectivity index (χ1n) is 5.68. The summed E-state index contributed by atoms with van der Waals surface area (Å²) in [6, 6.07) is -0.238. The first-order chi connectivity index (χ1) is 8.49. The van der Waals surface area contributed by atoms with Gasteiger partial charge in [0.1, 0.15) is 0 Å². The Hall–Kier alpha value is -0.270. The Morgan fingerprint density at radius 1 is 1.74 bits per heavy atom. The van der Waals surface area contributed by atoms with Gasteiger partial charge in [-0.25, -0.2) is 0 Å². The number of carboxylic acid groups (broad SMARTS) is 1. The molecule has 0 aliphatic carbocycles. The maximum atomic E-state index is 11.8. The number of hydrogen-bond donors (Lipinski definition) is 1. The van der Waals surface area contributed by atoms with Gasteiger partial charge in [-0.15, -0.1) is 18.3 Å². The third-order valence-corrected chi connectivity index (χ3v) is 4.37. The Morgan fingerprint density at radius 3 is 2.84 bits per heavy atom. The van der Waals surface area contributed by atoms with Crippen molar-refractivity contribution in [2.45, 2.75) is 25.5 Å². The second-order valence-electron chi connectivity index (χ2n) is 4.41. The van der Waals surface area contributed by atoms with Crippen LogP contribution in [0.4, 0.5) is 0 Å². The Morgan fingerprint density at radius 2 is 2.37 bits per heavy atom. The Bertz CT molecular complexity index is 449. The molecule has 2 heterocycles. The number of β-lactam (4-membered cyclic amide) rings is 1. The number of carbonyl (C=O) groups excluding carboxylic acids is 2. The minimum absolute atomic E-state index is 0. The number of carboxylic acids is 1. The standard InChI is InChI=1S/C12H15NO4S.Na/c1-3-4-18-8-5-7-9(6(2)14)11(15)13(7)10(8)12(16)17;/h3,6-7,9,14H,1,4-5H2,2H3,(H,16,17);/q;+1/p-1/t6-,7+,9-;/m0./s1. The van der Waals surface area contributed by atoms with Crippen molar-refractivity contribution in [3.8, 4) is 0 Å². The molecule has 2 aliphatic rings. The van der Waals surface area contributed by atoms with E-state index in [2.05, 4.69) is 6.58 Å². The molecule has 98 valence electrons. The molecule has 0 saturated carbocycles. The van der Waals surface area contributed by atoms with Gasteiger partial charge in [0.05, 0.1) is 29.7 Å². The number of thioether (sulfide) groups is 1. The molecule has 7 heteroatoms. The van der Waals surface area contributed by atoms with Crippen LogP contribution in [-0.2, 0) is 9.59 Å². The molecule has 2 aliphatic heterocycles. The smallest absolute Gasteiger partial charge is 0.543 e. The van der Waals surface area contributed by atoms with Crippen molar-refractivity contribution >= 4 is 23.6 Å². The largest absolute Gasteiger partial charge is 1.00 e. The molecule has 1 saturated heterocycles. The average molecular weight is 291 g/mol. The molecule has 0 radical (unpaired) electrons. The van der Waals surface area contributed by atoms with E-state index < -0.39 is 18.0 Å². The fraction of sp³-hybridized carbons (Fsp3) is 0.500. The van der Waals surface area contributed by atoms with Crippen LogP contribution in [0.15, 0.2) is 23.3 Å². The molecule has 1 fully saturated rings. The van der Waals surface area contributed by atoms with E-state index in [1.807, 2.05) is 0 Å². The third kappa shape index (κ3) is 2.78. The molecular weight excluding hydrogens is 277 g/mol. The Balaban J connectivity index is 0.00000180. The molecule has 3 atom stereocenters. The summed E-state index contributed by atoms with van der Waals surface area (Å²) in [5.74, 6) is -1.58. The molecule has 1 N–H and O–H groups in total. The molecular formula is C12H14NNaO4S. The van der Waals surface area contributed by atoms with Crippen molar-refractivity contribution in [3.05, 3.63) is 23.3 Å². The van der Waals surface area contributed by atoms with Crippen LogP contribution < -0.4 is 34.7 Å². The zero-order valence-electron chi connectivity index (χ0n) is 11.0. The summed E-state index contributed by atoms with van der Waals surface area (Å²) >= 11 is 1.35. The van der Waals surface area contributed by atoms with Gasteiger partial charge in [-0.05, 0) is 6.92 Å². The molecule has 2 rings (SSSR count). The van der Waals surface area contributed by atoms with Crippen LogP contribution in [0.25, 0.3) is 0 Å². The monoisotopic (exact) mass is 291 g/mol. The molecule has 0 spiro atoms. The summed E-state index contributed by atoms with van der Waals surface area (Å²) in [6.45, 7) is 5.13. The number of aliphatic carboxylic acids is 1. The zero-order chi connectivity index (χ0) is 13.4. The second-order valence-corrected chi connectivity index (χ2v) is 5.52. The van der Waals surface area contributed by atoms with Gasteiger partial charge in [0.15, 0.2) is 0 Å². The van der Waals surface area contributed by atoms with E-state index >= 15 is 0 Å². The quantitative estimate of drug-likeness (QED) is 0.323. The van der Waals surface area contributed by atoms with Crippen molar-refractivity contribution < 1.29 is 49.4 Å². The second kappa shape index (κ2) is 6.45. The number of fused-ring (bicyclic) bond motifs is 1. The Kier molecular flexibility index (Phi) is 5.70. The molecule has 5 nitrogen and oxygen atoms in total. The van der Waals surface area contributed by atoms with Crippen molar-refractivity contribution in [2.24, 2.45) is 5.92 Å². The van der Waals surface area contributed by atoms with Gasteiger partial charge in [-0.3, -0.25) is 4.79 Å². The first kappa shape index (κ1) is 16.8. The van der Waals surface area contributed by atoms with Crippen LogP contribution in [0.3, 0.4) is 0 Å². The van der Waals surface area contributed by atoms with Crippen LogP contribution in [0, 0.1) is 5.92 Å². The summed E-state index contributed by atoms with van der Waals surface area (Å²) in [4.78, 5) is 24.8. The number of aliphatic hydroxyl groups is 1. The van der Waals surface area contributed by atoms with E-state index in [1.54, 1.807) is 13.0 Å². The SMILES string of the molecule is C=CCSC1=C(C(=O)[O-])N2C(=O)[C@@H]([C@H](C)O)[C@H]2C1.[Na+]. The summed E-state index contributed by atoms with van der Waals surface area (Å²) in [5.41, 5.74) is -0.0336. The topological polar surface area (TPSA) is 80.7 Å². The van der Waals surface area contributed by atoms with E-state index in [0.717, 1.165) is 0 Å². The number of aliphatic hydroxyl groups excluding tert-OH is 1. The summed E-state index contributed by atoms with van der Waals surface area (Å²) in [5, 5.41) is 20.6. The Labute approximate surface area is 138 Å². The molecule has 0 aromatic heterocycles.